The Kier molecular flexibility index (Phi) is 5.73. The molecule has 0 radical (unpaired) electrons. The minimum absolute atomic E-state index is 0.348. The molecular weight excluding hydrogens is 460 g/mol. The van der Waals surface area contributed by atoms with E-state index in [-0.39, 0.29) is 0 Å². The first-order valence-corrected chi connectivity index (χ1v) is 12.3. The minimum atomic E-state index is 0.348. The van der Waals surface area contributed by atoms with Crippen molar-refractivity contribution in [2.45, 2.75) is 13.5 Å². The molecule has 0 fully saturated rings. The predicted octanol–water partition coefficient (Wildman–Crippen LogP) is 6.13. The fourth-order valence-electron chi connectivity index (χ4n) is 5.76. The van der Waals surface area contributed by atoms with Crippen molar-refractivity contribution in [2.24, 2.45) is 15.2 Å². The highest BCUT2D eigenvalue weighted by Crippen LogP contribution is 2.40. The van der Waals surface area contributed by atoms with E-state index in [1.54, 1.807) is 0 Å². The highest BCUT2D eigenvalue weighted by Gasteiger charge is 2.19. The van der Waals surface area contributed by atoms with Gasteiger partial charge in [0, 0.05) is 60.5 Å². The number of fused-ring (bicyclic) bond motifs is 2. The first-order chi connectivity index (χ1) is 18.2. The molecule has 0 atom stereocenters. The lowest BCUT2D eigenvalue weighted by Crippen LogP contribution is -2.27. The van der Waals surface area contributed by atoms with E-state index in [1.165, 1.54) is 59.1 Å². The van der Waals surface area contributed by atoms with E-state index in [4.69, 9.17) is 11.1 Å². The summed E-state index contributed by atoms with van der Waals surface area (Å²) in [5, 5.41) is 19.7. The number of hydrogen-bond acceptors (Lipinski definition) is 4. The summed E-state index contributed by atoms with van der Waals surface area (Å²) in [4.78, 5) is 12.4. The molecule has 0 unspecified atom stereocenters. The molecule has 0 aliphatic carbocycles. The number of nitrogens with zero attached hydrogens (tertiary/aromatic N) is 8. The maximum absolute atomic E-state index is 8.64. The molecule has 0 saturated carbocycles. The number of benzene rings is 5. The summed E-state index contributed by atoms with van der Waals surface area (Å²) in [5.74, 6) is 0. The molecule has 0 N–H and O–H groups in total. The highest BCUT2D eigenvalue weighted by molar-refractivity contribution is 6.34. The van der Waals surface area contributed by atoms with Crippen molar-refractivity contribution in [1.29, 1.82) is 0 Å². The Morgan fingerprint density at radius 3 is 2.22 bits per heavy atom. The molecule has 0 aromatic heterocycles. The van der Waals surface area contributed by atoms with Crippen LogP contribution in [0.5, 0.6) is 0 Å². The van der Waals surface area contributed by atoms with Gasteiger partial charge in [0.25, 0.3) is 0 Å². The van der Waals surface area contributed by atoms with Crippen molar-refractivity contribution in [2.75, 3.05) is 26.2 Å². The molecule has 37 heavy (non-hydrogen) atoms. The smallest absolute Gasteiger partial charge is 0.0454 e. The maximum Gasteiger partial charge on any atom is 0.0454 e. The van der Waals surface area contributed by atoms with E-state index in [9.17, 15) is 0 Å². The Morgan fingerprint density at radius 1 is 0.784 bits per heavy atom. The Balaban J connectivity index is 1.63. The molecule has 6 rings (SSSR count). The molecule has 1 aliphatic heterocycles. The number of rotatable bonds is 7. The molecule has 0 spiro atoms. The second kappa shape index (κ2) is 9.36. The third-order valence-corrected chi connectivity index (χ3v) is 7.26. The van der Waals surface area contributed by atoms with Crippen molar-refractivity contribution < 1.29 is 0 Å². The van der Waals surface area contributed by atoms with Gasteiger partial charge in [0.15, 0.2) is 0 Å². The van der Waals surface area contributed by atoms with E-state index in [0.29, 0.717) is 26.2 Å². The average molecular weight is 485 g/mol. The van der Waals surface area contributed by atoms with Crippen LogP contribution in [0.1, 0.15) is 18.1 Å². The van der Waals surface area contributed by atoms with Crippen molar-refractivity contribution >= 4 is 61.6 Å². The summed E-state index contributed by atoms with van der Waals surface area (Å²) in [6, 6.07) is 17.8. The lowest BCUT2D eigenvalue weighted by atomic mass is 9.85. The SMILES string of the molecule is C/C=c1/ccc2c3ccc4c5c(ccc(c6ccc(C=NCCN=[N+]=[N-])c1c62)c53)=CN(CCN=[N+]=[N-])C4. The Morgan fingerprint density at radius 2 is 1.46 bits per heavy atom. The van der Waals surface area contributed by atoms with E-state index in [1.807, 2.05) is 6.21 Å². The largest absolute Gasteiger partial charge is 0.372 e. The van der Waals surface area contributed by atoms with Gasteiger partial charge in [-0.1, -0.05) is 64.8 Å². The molecule has 0 saturated heterocycles. The second-order valence-corrected chi connectivity index (χ2v) is 9.21. The molecule has 180 valence electrons. The van der Waals surface area contributed by atoms with Gasteiger partial charge >= 0.3 is 0 Å². The van der Waals surface area contributed by atoms with Crippen LogP contribution >= 0.6 is 0 Å². The molecule has 0 bridgehead atoms. The quantitative estimate of drug-likeness (QED) is 0.0517. The van der Waals surface area contributed by atoms with Gasteiger partial charge in [-0.15, -0.1) is 0 Å². The summed E-state index contributed by atoms with van der Waals surface area (Å²) in [7, 11) is 0. The summed E-state index contributed by atoms with van der Waals surface area (Å²) >= 11 is 0. The Labute approximate surface area is 212 Å². The zero-order valence-electron chi connectivity index (χ0n) is 20.5. The molecule has 1 aliphatic rings. The molecular formula is C29H24N8. The number of aliphatic imine (C=N–C) groups is 1. The van der Waals surface area contributed by atoms with Gasteiger partial charge in [-0.3, -0.25) is 4.99 Å². The van der Waals surface area contributed by atoms with Crippen LogP contribution in [0.25, 0.3) is 76.3 Å². The van der Waals surface area contributed by atoms with Gasteiger partial charge in [0.1, 0.15) is 0 Å². The Hall–Kier alpha value is -4.77. The molecule has 8 nitrogen and oxygen atoms in total. The predicted molar refractivity (Wildman–Crippen MR) is 152 cm³/mol. The third kappa shape index (κ3) is 3.67. The minimum Gasteiger partial charge on any atom is -0.372 e. The normalized spacial score (nSPS) is 13.5. The average Bonchev–Trinajstić information content (AvgIpc) is 2.93. The van der Waals surface area contributed by atoms with Crippen LogP contribution in [0.2, 0.25) is 0 Å². The lowest BCUT2D eigenvalue weighted by molar-refractivity contribution is 0.413. The van der Waals surface area contributed by atoms with Crippen molar-refractivity contribution in [1.82, 2.24) is 4.90 Å². The number of azide groups is 2. The number of hydrogen-bond donors (Lipinski definition) is 0. The van der Waals surface area contributed by atoms with E-state index >= 15 is 0 Å². The molecule has 5 aromatic rings. The summed E-state index contributed by atoms with van der Waals surface area (Å²) in [6.45, 7) is 4.82. The van der Waals surface area contributed by atoms with Crippen LogP contribution in [0.3, 0.4) is 0 Å². The first-order valence-electron chi connectivity index (χ1n) is 12.3. The summed E-state index contributed by atoms with van der Waals surface area (Å²) in [6.07, 6.45) is 6.24. The lowest BCUT2D eigenvalue weighted by Gasteiger charge is -2.26. The van der Waals surface area contributed by atoms with Crippen molar-refractivity contribution in [3.05, 3.63) is 91.0 Å². The Bertz CT molecular complexity index is 1920. The first kappa shape index (κ1) is 22.7. The van der Waals surface area contributed by atoms with Gasteiger partial charge in [0.05, 0.1) is 0 Å². The van der Waals surface area contributed by atoms with Crippen LogP contribution in [0, 0.1) is 0 Å². The zero-order valence-corrected chi connectivity index (χ0v) is 20.5. The summed E-state index contributed by atoms with van der Waals surface area (Å²) in [5.41, 5.74) is 19.5. The maximum atomic E-state index is 8.64. The van der Waals surface area contributed by atoms with Gasteiger partial charge in [-0.25, -0.2) is 0 Å². The van der Waals surface area contributed by atoms with Crippen LogP contribution in [0.4, 0.5) is 0 Å². The standard InChI is InChI=1S/C29H24N8/c1-2-18-3-7-22-24-9-5-20-16-37(14-13-34-36-31)17-21-6-10-25(29(24)27(20)21)23-8-4-19(26(18)28(22)23)15-32-11-12-33-35-30/h2-10,15,17H,11-14,16H2,1H3/b18-2-,32-15?. The fraction of sp³-hybridized carbons (Fsp3) is 0.207. The van der Waals surface area contributed by atoms with Gasteiger partial charge in [-0.05, 0) is 77.1 Å². The van der Waals surface area contributed by atoms with Crippen molar-refractivity contribution in [3.8, 4) is 0 Å². The van der Waals surface area contributed by atoms with E-state index in [0.717, 1.165) is 12.1 Å². The fourth-order valence-corrected chi connectivity index (χ4v) is 5.76. The summed E-state index contributed by atoms with van der Waals surface area (Å²) < 4.78 is 0. The van der Waals surface area contributed by atoms with Gasteiger partial charge in [0.2, 0.25) is 0 Å². The zero-order chi connectivity index (χ0) is 25.4. The monoisotopic (exact) mass is 484 g/mol. The topological polar surface area (TPSA) is 113 Å². The molecule has 0 amide bonds. The molecule has 1 heterocycles. The van der Waals surface area contributed by atoms with Crippen LogP contribution < -0.4 is 10.4 Å². The van der Waals surface area contributed by atoms with Crippen molar-refractivity contribution in [3.63, 3.8) is 0 Å². The van der Waals surface area contributed by atoms with Crippen LogP contribution in [-0.2, 0) is 6.54 Å². The molecule has 8 heteroatoms. The van der Waals surface area contributed by atoms with Gasteiger partial charge in [-0.2, -0.15) is 0 Å². The third-order valence-electron chi connectivity index (χ3n) is 7.26. The second-order valence-electron chi connectivity index (χ2n) is 9.21. The highest BCUT2D eigenvalue weighted by atomic mass is 15.2. The van der Waals surface area contributed by atoms with Crippen LogP contribution in [0.15, 0.2) is 63.8 Å². The van der Waals surface area contributed by atoms with E-state index in [2.05, 4.69) is 97.7 Å². The van der Waals surface area contributed by atoms with Gasteiger partial charge < -0.3 is 4.90 Å². The molecule has 5 aromatic carbocycles. The van der Waals surface area contributed by atoms with E-state index < -0.39 is 0 Å². The van der Waals surface area contributed by atoms with Crippen LogP contribution in [-0.4, -0.2) is 37.3 Å².